The Morgan fingerprint density at radius 2 is 2.10 bits per heavy atom. The Hall–Kier alpha value is -2.82. The lowest BCUT2D eigenvalue weighted by Gasteiger charge is -2.19. The van der Waals surface area contributed by atoms with Gasteiger partial charge in [0.1, 0.15) is 11.5 Å². The number of esters is 1. The number of aldehydes is 1. The standard InChI is InChI=1S/C16H12O5/c1-19-15-10(8-17)6-9-7-13(16(18)20-2)21-12-5-3-4-11(15)14(9)12/h3-8H,1-2H3. The van der Waals surface area contributed by atoms with Crippen molar-refractivity contribution in [2.75, 3.05) is 14.2 Å². The summed E-state index contributed by atoms with van der Waals surface area (Å²) < 4.78 is 15.6. The van der Waals surface area contributed by atoms with Crippen LogP contribution in [-0.2, 0) is 9.53 Å². The molecule has 21 heavy (non-hydrogen) atoms. The smallest absolute Gasteiger partial charge is 0.373 e. The van der Waals surface area contributed by atoms with Gasteiger partial charge in [0, 0.05) is 10.8 Å². The van der Waals surface area contributed by atoms with Gasteiger partial charge in [-0.25, -0.2) is 4.79 Å². The predicted molar refractivity (Wildman–Crippen MR) is 76.5 cm³/mol. The van der Waals surface area contributed by atoms with Crippen LogP contribution in [0.15, 0.2) is 30.0 Å². The minimum Gasteiger partial charge on any atom is -0.495 e. The van der Waals surface area contributed by atoms with E-state index in [0.717, 1.165) is 22.6 Å². The molecule has 0 fully saturated rings. The van der Waals surface area contributed by atoms with Gasteiger partial charge >= 0.3 is 5.97 Å². The molecule has 0 unspecified atom stereocenters. The van der Waals surface area contributed by atoms with E-state index in [0.29, 0.717) is 17.1 Å². The van der Waals surface area contributed by atoms with E-state index in [4.69, 9.17) is 9.47 Å². The summed E-state index contributed by atoms with van der Waals surface area (Å²) in [6.45, 7) is 0. The minimum absolute atomic E-state index is 0.0829. The summed E-state index contributed by atoms with van der Waals surface area (Å²) in [7, 11) is 2.80. The molecule has 5 nitrogen and oxygen atoms in total. The highest BCUT2D eigenvalue weighted by molar-refractivity contribution is 6.07. The molecule has 2 aromatic rings. The fourth-order valence-corrected chi connectivity index (χ4v) is 2.48. The first-order valence-electron chi connectivity index (χ1n) is 6.26. The topological polar surface area (TPSA) is 61.8 Å². The van der Waals surface area contributed by atoms with Crippen LogP contribution in [0.4, 0.5) is 0 Å². The Kier molecular flexibility index (Phi) is 3.10. The summed E-state index contributed by atoms with van der Waals surface area (Å²) >= 11 is 0. The van der Waals surface area contributed by atoms with Gasteiger partial charge in [-0.3, -0.25) is 4.79 Å². The molecule has 0 atom stereocenters. The third-order valence-electron chi connectivity index (χ3n) is 3.36. The normalized spacial score (nSPS) is 12.4. The van der Waals surface area contributed by atoms with Crippen LogP contribution in [0.3, 0.4) is 0 Å². The Morgan fingerprint density at radius 3 is 2.76 bits per heavy atom. The molecule has 1 heterocycles. The van der Waals surface area contributed by atoms with Crippen molar-refractivity contribution in [2.24, 2.45) is 0 Å². The van der Waals surface area contributed by atoms with Crippen molar-refractivity contribution in [1.82, 2.24) is 0 Å². The van der Waals surface area contributed by atoms with Crippen LogP contribution in [0, 0.1) is 0 Å². The van der Waals surface area contributed by atoms with E-state index >= 15 is 0 Å². The molecule has 0 bridgehead atoms. The maximum Gasteiger partial charge on any atom is 0.373 e. The van der Waals surface area contributed by atoms with E-state index in [-0.39, 0.29) is 5.76 Å². The fourth-order valence-electron chi connectivity index (χ4n) is 2.48. The van der Waals surface area contributed by atoms with E-state index in [2.05, 4.69) is 4.74 Å². The van der Waals surface area contributed by atoms with Crippen LogP contribution in [0.5, 0.6) is 11.5 Å². The molecular weight excluding hydrogens is 272 g/mol. The number of hydrogen-bond donors (Lipinski definition) is 0. The van der Waals surface area contributed by atoms with Gasteiger partial charge < -0.3 is 14.2 Å². The Balaban J connectivity index is 2.35. The van der Waals surface area contributed by atoms with Crippen molar-refractivity contribution >= 4 is 29.1 Å². The largest absolute Gasteiger partial charge is 0.495 e. The van der Waals surface area contributed by atoms with Gasteiger partial charge in [0.2, 0.25) is 5.76 Å². The van der Waals surface area contributed by atoms with E-state index in [1.54, 1.807) is 24.3 Å². The van der Waals surface area contributed by atoms with Gasteiger partial charge in [0.15, 0.2) is 6.29 Å². The number of methoxy groups -OCH3 is 2. The van der Waals surface area contributed by atoms with Crippen LogP contribution in [0.1, 0.15) is 15.9 Å². The molecule has 0 aromatic heterocycles. The van der Waals surface area contributed by atoms with Gasteiger partial charge in [0.05, 0.1) is 19.8 Å². The molecular formula is C16H12O5. The second kappa shape index (κ2) is 4.94. The number of benzene rings is 2. The zero-order valence-corrected chi connectivity index (χ0v) is 11.5. The molecule has 1 aliphatic rings. The van der Waals surface area contributed by atoms with Gasteiger partial charge in [0.25, 0.3) is 0 Å². The summed E-state index contributed by atoms with van der Waals surface area (Å²) in [5, 5.41) is 1.56. The average molecular weight is 284 g/mol. The second-order valence-electron chi connectivity index (χ2n) is 4.49. The Morgan fingerprint density at radius 1 is 1.29 bits per heavy atom. The molecule has 2 aromatic carbocycles. The van der Waals surface area contributed by atoms with Crippen molar-refractivity contribution in [2.45, 2.75) is 0 Å². The van der Waals surface area contributed by atoms with Gasteiger partial charge in [-0.15, -0.1) is 0 Å². The fraction of sp³-hybridized carbons (Fsp3) is 0.125. The summed E-state index contributed by atoms with van der Waals surface area (Å²) in [6.07, 6.45) is 2.29. The highest BCUT2D eigenvalue weighted by Gasteiger charge is 2.23. The molecule has 1 aliphatic heterocycles. The second-order valence-corrected chi connectivity index (χ2v) is 4.49. The quantitative estimate of drug-likeness (QED) is 0.640. The monoisotopic (exact) mass is 284 g/mol. The molecule has 5 heteroatoms. The predicted octanol–water partition coefficient (Wildman–Crippen LogP) is 2.57. The van der Waals surface area contributed by atoms with Crippen LogP contribution in [0.25, 0.3) is 16.8 Å². The molecule has 0 radical (unpaired) electrons. The lowest BCUT2D eigenvalue weighted by atomic mass is 9.97. The number of hydrogen-bond acceptors (Lipinski definition) is 5. The maximum atomic E-state index is 11.7. The molecule has 0 N–H and O–H groups in total. The van der Waals surface area contributed by atoms with E-state index in [9.17, 15) is 9.59 Å². The van der Waals surface area contributed by atoms with E-state index in [1.807, 2.05) is 6.07 Å². The highest BCUT2D eigenvalue weighted by Crippen LogP contribution is 2.41. The molecule has 3 rings (SSSR count). The van der Waals surface area contributed by atoms with Crippen LogP contribution >= 0.6 is 0 Å². The Labute approximate surface area is 120 Å². The molecule has 0 aliphatic carbocycles. The lowest BCUT2D eigenvalue weighted by molar-refractivity contribution is -0.138. The van der Waals surface area contributed by atoms with Crippen molar-refractivity contribution in [1.29, 1.82) is 0 Å². The summed E-state index contributed by atoms with van der Waals surface area (Å²) in [6, 6.07) is 7.04. The number of carbonyl (C=O) groups is 2. The third-order valence-corrected chi connectivity index (χ3v) is 3.36. The molecule has 0 spiro atoms. The van der Waals surface area contributed by atoms with Crippen molar-refractivity contribution in [3.63, 3.8) is 0 Å². The summed E-state index contributed by atoms with van der Waals surface area (Å²) in [4.78, 5) is 22.9. The van der Waals surface area contributed by atoms with Crippen molar-refractivity contribution in [3.8, 4) is 11.5 Å². The first-order valence-corrected chi connectivity index (χ1v) is 6.26. The maximum absolute atomic E-state index is 11.7. The zero-order chi connectivity index (χ0) is 15.0. The van der Waals surface area contributed by atoms with E-state index < -0.39 is 5.97 Å². The molecule has 0 amide bonds. The SMILES string of the molecule is COC(=O)C1=Cc2cc(C=O)c(OC)c3cccc(c23)O1. The average Bonchev–Trinajstić information content (AvgIpc) is 2.53. The third kappa shape index (κ3) is 1.94. The Bertz CT molecular complexity index is 789. The van der Waals surface area contributed by atoms with E-state index in [1.165, 1.54) is 14.2 Å². The van der Waals surface area contributed by atoms with Crippen LogP contribution < -0.4 is 9.47 Å². The first kappa shape index (κ1) is 13.2. The number of carbonyl (C=O) groups excluding carboxylic acids is 2. The molecule has 0 saturated heterocycles. The summed E-state index contributed by atoms with van der Waals surface area (Å²) in [5.74, 6) is 0.533. The zero-order valence-electron chi connectivity index (χ0n) is 11.5. The van der Waals surface area contributed by atoms with Crippen molar-refractivity contribution in [3.05, 3.63) is 41.2 Å². The first-order chi connectivity index (χ1) is 10.2. The number of rotatable bonds is 3. The molecule has 0 saturated carbocycles. The summed E-state index contributed by atoms with van der Waals surface area (Å²) in [5.41, 5.74) is 1.13. The highest BCUT2D eigenvalue weighted by atomic mass is 16.6. The van der Waals surface area contributed by atoms with Gasteiger partial charge in [-0.1, -0.05) is 12.1 Å². The number of ether oxygens (including phenoxy) is 3. The van der Waals surface area contributed by atoms with Crippen molar-refractivity contribution < 1.29 is 23.8 Å². The van der Waals surface area contributed by atoms with Gasteiger partial charge in [-0.2, -0.15) is 0 Å². The van der Waals surface area contributed by atoms with Gasteiger partial charge in [-0.05, 0) is 23.8 Å². The lowest BCUT2D eigenvalue weighted by Crippen LogP contribution is -2.13. The minimum atomic E-state index is -0.568. The molecule has 106 valence electrons. The van der Waals surface area contributed by atoms with Crippen LogP contribution in [-0.4, -0.2) is 26.5 Å². The van der Waals surface area contributed by atoms with Crippen LogP contribution in [0.2, 0.25) is 0 Å².